The molecule has 0 spiro atoms. The lowest BCUT2D eigenvalue weighted by molar-refractivity contribution is -0.140. The maximum Gasteiger partial charge on any atom is 0.251 e. The predicted octanol–water partition coefficient (Wildman–Crippen LogP) is 2.15. The number of ether oxygens (including phenoxy) is 1. The summed E-state index contributed by atoms with van der Waals surface area (Å²) in [5, 5.41) is 7.25. The molecule has 0 aromatic carbocycles. The number of anilines is 1. The Morgan fingerprint density at radius 1 is 1.38 bits per heavy atom. The van der Waals surface area contributed by atoms with Gasteiger partial charge in [0.2, 0.25) is 5.95 Å². The number of hydrogen-bond acceptors (Lipinski definition) is 7. The van der Waals surface area contributed by atoms with Gasteiger partial charge in [0, 0.05) is 32.0 Å². The molecule has 8 nitrogen and oxygen atoms in total. The number of aryl methyl sites for hydroxylation is 1. The van der Waals surface area contributed by atoms with Gasteiger partial charge >= 0.3 is 0 Å². The minimum Gasteiger partial charge on any atom is -0.368 e. The molecular weight excluding hydrogens is 334 g/mol. The molecule has 0 radical (unpaired) electrons. The highest BCUT2D eigenvalue weighted by Crippen LogP contribution is 2.27. The van der Waals surface area contributed by atoms with E-state index in [2.05, 4.69) is 20.4 Å². The third-order valence-electron chi connectivity index (χ3n) is 4.64. The first-order chi connectivity index (χ1) is 12.6. The average molecular weight is 357 g/mol. The molecule has 1 aliphatic carbocycles. The van der Waals surface area contributed by atoms with Crippen LogP contribution >= 0.6 is 0 Å². The summed E-state index contributed by atoms with van der Waals surface area (Å²) in [5.74, 6) is 1.17. The topological polar surface area (TPSA) is 93.4 Å². The zero-order valence-electron chi connectivity index (χ0n) is 15.1. The molecule has 0 unspecified atom stereocenters. The summed E-state index contributed by atoms with van der Waals surface area (Å²) in [6.45, 7) is 2.87. The van der Waals surface area contributed by atoms with E-state index in [1.807, 2.05) is 13.0 Å². The highest BCUT2D eigenvalue weighted by molar-refractivity contribution is 5.81. The highest BCUT2D eigenvalue weighted by atomic mass is 16.5. The quantitative estimate of drug-likeness (QED) is 0.846. The first kappa shape index (κ1) is 17.0. The molecule has 1 amide bonds. The molecule has 1 saturated heterocycles. The molecule has 8 heteroatoms. The highest BCUT2D eigenvalue weighted by Gasteiger charge is 2.28. The van der Waals surface area contributed by atoms with Crippen molar-refractivity contribution in [1.29, 1.82) is 0 Å². The fourth-order valence-electron chi connectivity index (χ4n) is 3.03. The molecule has 1 saturated carbocycles. The molecule has 26 heavy (non-hydrogen) atoms. The van der Waals surface area contributed by atoms with Crippen LogP contribution < -0.4 is 5.32 Å². The Bertz CT molecular complexity index is 796. The van der Waals surface area contributed by atoms with E-state index in [-0.39, 0.29) is 12.0 Å². The Labute approximate surface area is 151 Å². The van der Waals surface area contributed by atoms with E-state index in [1.54, 1.807) is 18.1 Å². The van der Waals surface area contributed by atoms with Crippen LogP contribution in [0.3, 0.4) is 0 Å². The summed E-state index contributed by atoms with van der Waals surface area (Å²) in [7, 11) is 1.77. The van der Waals surface area contributed by atoms with Crippen LogP contribution in [-0.2, 0) is 16.1 Å². The third kappa shape index (κ3) is 3.70. The maximum absolute atomic E-state index is 12.6. The van der Waals surface area contributed by atoms with Gasteiger partial charge in [-0.05, 0) is 32.6 Å². The van der Waals surface area contributed by atoms with Crippen molar-refractivity contribution in [3.8, 4) is 11.3 Å². The largest absolute Gasteiger partial charge is 0.368 e. The molecule has 2 fully saturated rings. The van der Waals surface area contributed by atoms with E-state index < -0.39 is 0 Å². The summed E-state index contributed by atoms with van der Waals surface area (Å²) in [6.07, 6.45) is 5.36. The normalized spacial score (nSPS) is 19.5. The van der Waals surface area contributed by atoms with E-state index in [0.717, 1.165) is 42.6 Å². The average Bonchev–Trinajstić information content (AvgIpc) is 3.10. The Morgan fingerprint density at radius 2 is 2.23 bits per heavy atom. The first-order valence-electron chi connectivity index (χ1n) is 9.03. The van der Waals surface area contributed by atoms with Crippen LogP contribution in [0.4, 0.5) is 5.95 Å². The van der Waals surface area contributed by atoms with Gasteiger partial charge in [0.1, 0.15) is 6.10 Å². The second-order valence-electron chi connectivity index (χ2n) is 7.00. The SMILES string of the molecule is Cc1cc(-c2cnc(NC3CC3)nc2CN(C)C(=O)[C@@H]2CCCO2)on1. The predicted molar refractivity (Wildman–Crippen MR) is 94.4 cm³/mol. The van der Waals surface area contributed by atoms with Crippen molar-refractivity contribution < 1.29 is 14.1 Å². The van der Waals surface area contributed by atoms with Crippen LogP contribution in [0.15, 0.2) is 16.8 Å². The number of aromatic nitrogens is 3. The second-order valence-corrected chi connectivity index (χ2v) is 7.00. The number of carbonyl (C=O) groups excluding carboxylic acids is 1. The van der Waals surface area contributed by atoms with Crippen molar-refractivity contribution >= 4 is 11.9 Å². The number of likely N-dealkylation sites (N-methyl/N-ethyl adjacent to an activating group) is 1. The van der Waals surface area contributed by atoms with Crippen molar-refractivity contribution in [3.05, 3.63) is 23.7 Å². The summed E-state index contributed by atoms with van der Waals surface area (Å²) >= 11 is 0. The molecule has 1 aliphatic heterocycles. The number of carbonyl (C=O) groups is 1. The zero-order chi connectivity index (χ0) is 18.1. The number of hydrogen-bond donors (Lipinski definition) is 1. The Hall–Kier alpha value is -2.48. The molecule has 4 rings (SSSR count). The van der Waals surface area contributed by atoms with Gasteiger partial charge in [-0.2, -0.15) is 0 Å². The van der Waals surface area contributed by atoms with Gasteiger partial charge in [-0.1, -0.05) is 5.16 Å². The van der Waals surface area contributed by atoms with Gasteiger partial charge in [0.25, 0.3) is 5.91 Å². The van der Waals surface area contributed by atoms with Crippen LogP contribution in [0, 0.1) is 6.92 Å². The van der Waals surface area contributed by atoms with Crippen LogP contribution in [0.5, 0.6) is 0 Å². The molecule has 2 aliphatic rings. The fraction of sp³-hybridized carbons (Fsp3) is 0.556. The minimum absolute atomic E-state index is 0.0162. The summed E-state index contributed by atoms with van der Waals surface area (Å²) in [4.78, 5) is 23.3. The molecule has 1 atom stereocenters. The van der Waals surface area contributed by atoms with Crippen molar-refractivity contribution in [2.75, 3.05) is 19.0 Å². The van der Waals surface area contributed by atoms with E-state index in [9.17, 15) is 4.79 Å². The van der Waals surface area contributed by atoms with Crippen molar-refractivity contribution in [2.24, 2.45) is 0 Å². The van der Waals surface area contributed by atoms with E-state index in [0.29, 0.717) is 30.9 Å². The molecule has 2 aromatic rings. The number of amides is 1. The van der Waals surface area contributed by atoms with Crippen molar-refractivity contribution in [1.82, 2.24) is 20.0 Å². The fourth-order valence-corrected chi connectivity index (χ4v) is 3.03. The summed E-state index contributed by atoms with van der Waals surface area (Å²) < 4.78 is 10.9. The zero-order valence-corrected chi connectivity index (χ0v) is 15.1. The molecule has 2 aromatic heterocycles. The van der Waals surface area contributed by atoms with Crippen molar-refractivity contribution in [2.45, 2.75) is 51.3 Å². The van der Waals surface area contributed by atoms with Gasteiger partial charge in [0.15, 0.2) is 5.76 Å². The Kier molecular flexibility index (Phi) is 4.58. The second kappa shape index (κ2) is 7.03. The third-order valence-corrected chi connectivity index (χ3v) is 4.64. The first-order valence-corrected chi connectivity index (χ1v) is 9.03. The van der Waals surface area contributed by atoms with Gasteiger partial charge in [0.05, 0.1) is 23.5 Å². The van der Waals surface area contributed by atoms with Crippen molar-refractivity contribution in [3.63, 3.8) is 0 Å². The molecule has 138 valence electrons. The molecular formula is C18H23N5O3. The number of nitrogens with one attached hydrogen (secondary N) is 1. The Balaban J connectivity index is 1.59. The van der Waals surface area contributed by atoms with Crippen LogP contribution in [0.1, 0.15) is 37.1 Å². The standard InChI is InChI=1S/C18H23N5O3/c1-11-8-16(26-22-11)13-9-19-18(20-12-5-6-12)21-14(13)10-23(2)17(24)15-4-3-7-25-15/h8-9,12,15H,3-7,10H2,1-2H3,(H,19,20,21)/t15-/m0/s1. The summed E-state index contributed by atoms with van der Waals surface area (Å²) in [5.41, 5.74) is 2.27. The smallest absolute Gasteiger partial charge is 0.251 e. The molecule has 0 bridgehead atoms. The lowest BCUT2D eigenvalue weighted by Gasteiger charge is -2.21. The van der Waals surface area contributed by atoms with E-state index >= 15 is 0 Å². The summed E-state index contributed by atoms with van der Waals surface area (Å²) in [6, 6.07) is 2.30. The van der Waals surface area contributed by atoms with Gasteiger partial charge in [-0.15, -0.1) is 0 Å². The van der Waals surface area contributed by atoms with E-state index in [1.165, 1.54) is 0 Å². The van der Waals surface area contributed by atoms with Gasteiger partial charge < -0.3 is 19.5 Å². The lowest BCUT2D eigenvalue weighted by atomic mass is 10.1. The molecule has 3 heterocycles. The maximum atomic E-state index is 12.6. The van der Waals surface area contributed by atoms with Gasteiger partial charge in [-0.3, -0.25) is 4.79 Å². The monoisotopic (exact) mass is 357 g/mol. The number of rotatable bonds is 6. The minimum atomic E-state index is -0.345. The molecule has 1 N–H and O–H groups in total. The van der Waals surface area contributed by atoms with Gasteiger partial charge in [-0.25, -0.2) is 9.97 Å². The van der Waals surface area contributed by atoms with E-state index in [4.69, 9.17) is 9.26 Å². The number of nitrogens with zero attached hydrogens (tertiary/aromatic N) is 4. The lowest BCUT2D eigenvalue weighted by Crippen LogP contribution is -2.36. The van der Waals surface area contributed by atoms with Crippen LogP contribution in [0.2, 0.25) is 0 Å². The Morgan fingerprint density at radius 3 is 2.88 bits per heavy atom. The van der Waals surface area contributed by atoms with Crippen LogP contribution in [0.25, 0.3) is 11.3 Å². The van der Waals surface area contributed by atoms with Crippen LogP contribution in [-0.4, -0.2) is 51.7 Å².